The summed E-state index contributed by atoms with van der Waals surface area (Å²) < 4.78 is 7.32. The van der Waals surface area contributed by atoms with Crippen LogP contribution < -0.4 is 4.91 Å². The molecular weight excluding hydrogens is 251 g/mol. The van der Waals surface area contributed by atoms with Gasteiger partial charge in [-0.25, -0.2) is 0 Å². The van der Waals surface area contributed by atoms with Gasteiger partial charge in [-0.05, 0) is 16.5 Å². The van der Waals surface area contributed by atoms with Gasteiger partial charge in [-0.1, -0.05) is 31.7 Å². The van der Waals surface area contributed by atoms with E-state index in [1.807, 2.05) is 0 Å². The maximum absolute atomic E-state index is 8.05. The van der Waals surface area contributed by atoms with Crippen molar-refractivity contribution in [3.8, 4) is 0 Å². The summed E-state index contributed by atoms with van der Waals surface area (Å²) in [6, 6.07) is 2.30. The fourth-order valence-electron chi connectivity index (χ4n) is 1.17. The summed E-state index contributed by atoms with van der Waals surface area (Å²) in [5.74, 6) is 0. The Balaban J connectivity index is 0. The minimum absolute atomic E-state index is 0. The Morgan fingerprint density at radius 1 is 1.00 bits per heavy atom. The predicted molar refractivity (Wildman–Crippen MR) is 68.7 cm³/mol. The van der Waals surface area contributed by atoms with Crippen LogP contribution in [0.5, 0.6) is 0 Å². The molecule has 1 N–H and O–H groups in total. The fourth-order valence-corrected chi connectivity index (χ4v) is 2.79. The van der Waals surface area contributed by atoms with Crippen LogP contribution in [0.4, 0.5) is 0 Å². The van der Waals surface area contributed by atoms with Crippen molar-refractivity contribution in [1.29, 1.82) is 5.53 Å². The first-order valence-corrected chi connectivity index (χ1v) is 8.22. The van der Waals surface area contributed by atoms with Gasteiger partial charge >= 0.3 is 51.4 Å². The molecule has 9 heteroatoms. The van der Waals surface area contributed by atoms with Gasteiger partial charge in [0.15, 0.2) is 0 Å². The molecule has 0 aromatic carbocycles. The maximum atomic E-state index is 8.05. The Morgan fingerprint density at radius 2 is 1.53 bits per heavy atom. The molecule has 0 radical (unpaired) electrons. The van der Waals surface area contributed by atoms with Crippen LogP contribution in [0, 0.1) is 5.53 Å². The minimum atomic E-state index is -0.478. The van der Waals surface area contributed by atoms with E-state index in [1.165, 1.54) is 25.7 Å². The number of hydrogen-bond donors (Lipinski definition) is 1. The monoisotopic (exact) mass is 269 g/mol. The molecule has 0 fully saturated rings. The molecule has 0 rings (SSSR count). The van der Waals surface area contributed by atoms with Crippen LogP contribution in [0.2, 0.25) is 12.1 Å². The first-order valence-electron chi connectivity index (χ1n) is 4.96. The van der Waals surface area contributed by atoms with E-state index >= 15 is 0 Å². The number of unbranched alkanes of at least 4 members (excludes halogenated alkanes) is 3. The first-order chi connectivity index (χ1) is 6.91. The number of hydrogen-bond acceptors (Lipinski definition) is 3. The number of azide groups is 1. The van der Waals surface area contributed by atoms with Crippen molar-refractivity contribution in [3.63, 3.8) is 0 Å². The van der Waals surface area contributed by atoms with Crippen LogP contribution in [0.15, 0.2) is 9.56 Å². The van der Waals surface area contributed by atoms with Crippen LogP contribution in [0.3, 0.4) is 0 Å². The van der Waals surface area contributed by atoms with Crippen molar-refractivity contribution < 1.29 is 0 Å². The smallest absolute Gasteiger partial charge is 0.132 e. The third-order valence-electron chi connectivity index (χ3n) is 1.90. The molecule has 6 nitrogen and oxygen atoms in total. The van der Waals surface area contributed by atoms with Gasteiger partial charge in [0.05, 0.1) is 0 Å². The van der Waals surface area contributed by atoms with E-state index in [2.05, 4.69) is 19.4 Å². The van der Waals surface area contributed by atoms with Crippen LogP contribution in [0.1, 0.15) is 25.7 Å². The quantitative estimate of drug-likeness (QED) is 0.210. The van der Waals surface area contributed by atoms with Crippen LogP contribution in [-0.4, -0.2) is 70.7 Å². The van der Waals surface area contributed by atoms with E-state index in [1.54, 1.807) is 0 Å². The summed E-state index contributed by atoms with van der Waals surface area (Å²) in [6.07, 6.45) is 4.90. The van der Waals surface area contributed by atoms with Crippen molar-refractivity contribution in [2.45, 2.75) is 37.8 Å². The number of rotatable bonds is 9. The van der Waals surface area contributed by atoms with Crippen LogP contribution >= 0.6 is 0 Å². The second-order valence-electron chi connectivity index (χ2n) is 3.04. The SMILES string of the molecule is [KH].[N-]=[N+]=N[SiH2]CCCCCC[SiH2]N=[N+]=N. The molecule has 0 aromatic heterocycles. The van der Waals surface area contributed by atoms with E-state index in [9.17, 15) is 0 Å². The van der Waals surface area contributed by atoms with Crippen LogP contribution in [-0.2, 0) is 0 Å². The molecule has 0 bridgehead atoms. The summed E-state index contributed by atoms with van der Waals surface area (Å²) in [6.45, 7) is 0. The zero-order chi connectivity index (χ0) is 10.5. The molecule has 0 saturated carbocycles. The third kappa shape index (κ3) is 17.3. The molecular formula is C6H18KN6Si2+. The summed E-state index contributed by atoms with van der Waals surface area (Å²) in [5, 5.41) is 0. The van der Waals surface area contributed by atoms with Gasteiger partial charge < -0.3 is 0 Å². The Kier molecular flexibility index (Phi) is 20.6. The summed E-state index contributed by atoms with van der Waals surface area (Å²) in [7, 11) is -0.901. The van der Waals surface area contributed by atoms with Crippen LogP contribution in [0.25, 0.3) is 10.4 Å². The average molecular weight is 270 g/mol. The van der Waals surface area contributed by atoms with E-state index in [0.717, 1.165) is 12.1 Å². The normalized spacial score (nSPS) is 9.87. The molecule has 0 heterocycles. The van der Waals surface area contributed by atoms with Gasteiger partial charge in [-0.2, -0.15) is 0 Å². The zero-order valence-electron chi connectivity index (χ0n) is 8.39. The second kappa shape index (κ2) is 17.1. The van der Waals surface area contributed by atoms with Gasteiger partial charge in [0, 0.05) is 4.78 Å². The van der Waals surface area contributed by atoms with E-state index in [-0.39, 0.29) is 51.4 Å². The summed E-state index contributed by atoms with van der Waals surface area (Å²) in [4.78, 5) is 5.75. The van der Waals surface area contributed by atoms with Gasteiger partial charge in [0.25, 0.3) is 9.68 Å². The Labute approximate surface area is 137 Å². The van der Waals surface area contributed by atoms with Gasteiger partial charge in [-0.15, -0.1) is 4.78 Å². The zero-order valence-corrected chi connectivity index (χ0v) is 11.2. The van der Waals surface area contributed by atoms with Crippen molar-refractivity contribution >= 4 is 70.7 Å². The van der Waals surface area contributed by atoms with Crippen molar-refractivity contribution in [3.05, 3.63) is 10.4 Å². The molecule has 0 spiro atoms. The molecule has 0 aromatic rings. The second-order valence-corrected chi connectivity index (χ2v) is 5.92. The molecule has 0 saturated heterocycles. The number of nitrogens with one attached hydrogen (secondary N) is 1. The number of nitrogens with zero attached hydrogens (tertiary/aromatic N) is 5. The van der Waals surface area contributed by atoms with E-state index < -0.39 is 19.4 Å². The van der Waals surface area contributed by atoms with E-state index in [4.69, 9.17) is 11.1 Å². The Morgan fingerprint density at radius 3 is 2.00 bits per heavy atom. The first kappa shape index (κ1) is 18.1. The van der Waals surface area contributed by atoms with Crippen molar-refractivity contribution in [2.24, 2.45) is 9.56 Å². The Hall–Kier alpha value is 0.690. The average Bonchev–Trinajstić information content (AvgIpc) is 2.21. The van der Waals surface area contributed by atoms with Gasteiger partial charge in [0.1, 0.15) is 15.2 Å². The van der Waals surface area contributed by atoms with Crippen molar-refractivity contribution in [1.82, 2.24) is 4.91 Å². The molecule has 0 aliphatic heterocycles. The molecule has 0 atom stereocenters. The van der Waals surface area contributed by atoms with Gasteiger partial charge in [0.2, 0.25) is 4.91 Å². The van der Waals surface area contributed by atoms with Gasteiger partial charge in [-0.3, -0.25) is 0 Å². The topological polar surface area (TPSA) is 99.1 Å². The molecule has 0 amide bonds. The van der Waals surface area contributed by atoms with Crippen molar-refractivity contribution in [2.75, 3.05) is 0 Å². The predicted octanol–water partition coefficient (Wildman–Crippen LogP) is 0.763. The molecule has 80 valence electrons. The summed E-state index contributed by atoms with van der Waals surface area (Å²) in [5.41, 5.74) is 14.5. The standard InChI is InChI=1S/C6H17N6Si2.K.H/c7-9-11-13-5-3-1-2-4-6-14-12-10-8;;/h7H,1-6,13-14H2;;/q+1;;. The Bertz CT molecular complexity index is 202. The molecule has 0 unspecified atom stereocenters. The third-order valence-corrected chi connectivity index (χ3v) is 4.20. The summed E-state index contributed by atoms with van der Waals surface area (Å²) >= 11 is 0. The molecule has 0 aliphatic carbocycles. The molecule has 15 heavy (non-hydrogen) atoms. The minimum Gasteiger partial charge on any atom is -0.132 e. The largest absolute Gasteiger partial charge is 0.264 e. The fraction of sp³-hybridized carbons (Fsp3) is 1.00. The molecule has 0 aliphatic rings. The van der Waals surface area contributed by atoms with E-state index in [0.29, 0.717) is 0 Å². The maximum Gasteiger partial charge on any atom is 0.264 e.